The molecule has 1 rings (SSSR count). The van der Waals surface area contributed by atoms with Gasteiger partial charge in [-0.1, -0.05) is 19.4 Å². The van der Waals surface area contributed by atoms with Crippen LogP contribution in [-0.4, -0.2) is 23.5 Å². The number of halogens is 2. The molecule has 0 bridgehead atoms. The predicted octanol–water partition coefficient (Wildman–Crippen LogP) is 2.20. The third-order valence-corrected chi connectivity index (χ3v) is 2.79. The first-order valence-electron chi connectivity index (χ1n) is 5.89. The van der Waals surface area contributed by atoms with Gasteiger partial charge >= 0.3 is 5.97 Å². The molecule has 0 spiro atoms. The maximum atomic E-state index is 13.3. The van der Waals surface area contributed by atoms with Crippen LogP contribution in [0.15, 0.2) is 18.2 Å². The lowest BCUT2D eigenvalue weighted by atomic mass is 10.0. The van der Waals surface area contributed by atoms with E-state index in [4.69, 9.17) is 5.11 Å². The van der Waals surface area contributed by atoms with Gasteiger partial charge in [-0.05, 0) is 18.1 Å². The zero-order chi connectivity index (χ0) is 14.4. The van der Waals surface area contributed by atoms with Crippen molar-refractivity contribution in [1.82, 2.24) is 5.32 Å². The summed E-state index contributed by atoms with van der Waals surface area (Å²) in [7, 11) is 0. The number of carbonyl (C=O) groups excluding carboxylic acids is 1. The van der Waals surface area contributed by atoms with Crippen molar-refractivity contribution in [1.29, 1.82) is 0 Å². The van der Waals surface area contributed by atoms with Gasteiger partial charge in [-0.3, -0.25) is 9.59 Å². The molecule has 0 heterocycles. The van der Waals surface area contributed by atoms with Crippen LogP contribution in [0.3, 0.4) is 0 Å². The second-order valence-electron chi connectivity index (χ2n) is 4.18. The number of aliphatic carboxylic acids is 1. The van der Waals surface area contributed by atoms with E-state index in [-0.39, 0.29) is 24.4 Å². The number of hydrogen-bond acceptors (Lipinski definition) is 2. The minimum Gasteiger partial charge on any atom is -0.481 e. The number of carboxylic acid groups (broad SMARTS) is 1. The normalized spacial score (nSPS) is 11.9. The average molecular weight is 271 g/mol. The lowest BCUT2D eigenvalue weighted by Crippen LogP contribution is -2.30. The minimum absolute atomic E-state index is 0.0809. The van der Waals surface area contributed by atoms with Crippen molar-refractivity contribution in [2.75, 3.05) is 6.54 Å². The zero-order valence-electron chi connectivity index (χ0n) is 10.5. The summed E-state index contributed by atoms with van der Waals surface area (Å²) in [5.74, 6) is -4.24. The fourth-order valence-electron chi connectivity index (χ4n) is 1.62. The summed E-state index contributed by atoms with van der Waals surface area (Å²) in [5, 5.41) is 11.1. The molecule has 0 saturated heterocycles. The van der Waals surface area contributed by atoms with Gasteiger partial charge in [0.25, 0.3) is 5.91 Å². The number of benzene rings is 1. The summed E-state index contributed by atoms with van der Waals surface area (Å²) in [5.41, 5.74) is -0.384. The van der Waals surface area contributed by atoms with Crippen LogP contribution < -0.4 is 5.32 Å². The molecule has 2 N–H and O–H groups in total. The van der Waals surface area contributed by atoms with Crippen molar-refractivity contribution >= 4 is 11.9 Å². The van der Waals surface area contributed by atoms with Crippen LogP contribution in [0.1, 0.15) is 30.1 Å². The van der Waals surface area contributed by atoms with Gasteiger partial charge in [0.2, 0.25) is 0 Å². The van der Waals surface area contributed by atoms with Crippen LogP contribution in [0.2, 0.25) is 0 Å². The lowest BCUT2D eigenvalue weighted by molar-refractivity contribution is -0.138. The molecule has 6 heteroatoms. The van der Waals surface area contributed by atoms with E-state index in [9.17, 15) is 18.4 Å². The van der Waals surface area contributed by atoms with Crippen LogP contribution in [-0.2, 0) is 4.79 Å². The fraction of sp³-hybridized carbons (Fsp3) is 0.385. The van der Waals surface area contributed by atoms with Crippen molar-refractivity contribution in [2.45, 2.75) is 19.8 Å². The van der Waals surface area contributed by atoms with E-state index < -0.39 is 23.5 Å². The van der Waals surface area contributed by atoms with Crippen molar-refractivity contribution in [3.63, 3.8) is 0 Å². The summed E-state index contributed by atoms with van der Waals surface area (Å²) in [4.78, 5) is 22.2. The van der Waals surface area contributed by atoms with Crippen molar-refractivity contribution < 1.29 is 23.5 Å². The van der Waals surface area contributed by atoms with Crippen molar-refractivity contribution in [3.05, 3.63) is 35.4 Å². The topological polar surface area (TPSA) is 66.4 Å². The van der Waals surface area contributed by atoms with Gasteiger partial charge in [0.05, 0.1) is 5.56 Å². The lowest BCUT2D eigenvalue weighted by Gasteiger charge is -2.13. The number of amides is 1. The van der Waals surface area contributed by atoms with Crippen molar-refractivity contribution in [2.24, 2.45) is 5.92 Å². The first kappa shape index (κ1) is 15.1. The molecule has 0 saturated carbocycles. The predicted molar refractivity (Wildman–Crippen MR) is 64.7 cm³/mol. The van der Waals surface area contributed by atoms with Crippen LogP contribution in [0.4, 0.5) is 8.78 Å². The Hall–Kier alpha value is -1.98. The first-order chi connectivity index (χ1) is 8.95. The molecule has 0 aliphatic heterocycles. The standard InChI is InChI=1S/C13H15F2NO3/c1-2-8(6-11(17)18)7-16-13(19)9-4-3-5-10(14)12(9)15/h3-5,8H,2,6-7H2,1H3,(H,16,19)(H,17,18). The summed E-state index contributed by atoms with van der Waals surface area (Å²) >= 11 is 0. The van der Waals surface area contributed by atoms with Gasteiger partial charge < -0.3 is 10.4 Å². The van der Waals surface area contributed by atoms with Gasteiger partial charge in [-0.25, -0.2) is 8.78 Å². The Kier molecular flexibility index (Phi) is 5.41. The third-order valence-electron chi connectivity index (χ3n) is 2.79. The largest absolute Gasteiger partial charge is 0.481 e. The molecule has 1 aromatic rings. The van der Waals surface area contributed by atoms with Gasteiger partial charge in [-0.15, -0.1) is 0 Å². The fourth-order valence-corrected chi connectivity index (χ4v) is 1.62. The molecule has 104 valence electrons. The smallest absolute Gasteiger partial charge is 0.303 e. The van der Waals surface area contributed by atoms with E-state index in [0.29, 0.717) is 6.42 Å². The number of hydrogen-bond donors (Lipinski definition) is 2. The summed E-state index contributed by atoms with van der Waals surface area (Å²) < 4.78 is 26.3. The van der Waals surface area contributed by atoms with Gasteiger partial charge in [-0.2, -0.15) is 0 Å². The molecule has 4 nitrogen and oxygen atoms in total. The summed E-state index contributed by atoms with van der Waals surface area (Å²) in [6.07, 6.45) is 0.487. The molecular formula is C13H15F2NO3. The molecule has 1 unspecified atom stereocenters. The van der Waals surface area contributed by atoms with Crippen LogP contribution in [0.5, 0.6) is 0 Å². The monoisotopic (exact) mass is 271 g/mol. The molecule has 1 aromatic carbocycles. The van der Waals surface area contributed by atoms with E-state index in [2.05, 4.69) is 5.32 Å². The molecule has 1 atom stereocenters. The third kappa shape index (κ3) is 4.31. The highest BCUT2D eigenvalue weighted by atomic mass is 19.2. The van der Waals surface area contributed by atoms with Gasteiger partial charge in [0, 0.05) is 13.0 Å². The van der Waals surface area contributed by atoms with Crippen LogP contribution >= 0.6 is 0 Å². The SMILES string of the molecule is CCC(CNC(=O)c1cccc(F)c1F)CC(=O)O. The molecule has 0 aromatic heterocycles. The Balaban J connectivity index is 2.64. The average Bonchev–Trinajstić information content (AvgIpc) is 2.37. The molecule has 1 amide bonds. The summed E-state index contributed by atoms with van der Waals surface area (Å²) in [6.45, 7) is 1.90. The number of carbonyl (C=O) groups is 2. The molecule has 0 aliphatic rings. The maximum absolute atomic E-state index is 13.3. The van der Waals surface area contributed by atoms with Crippen molar-refractivity contribution in [3.8, 4) is 0 Å². The number of carboxylic acids is 1. The minimum atomic E-state index is -1.20. The molecule has 0 aliphatic carbocycles. The van der Waals surface area contributed by atoms with E-state index in [1.807, 2.05) is 0 Å². The first-order valence-corrected chi connectivity index (χ1v) is 5.89. The highest BCUT2D eigenvalue weighted by Crippen LogP contribution is 2.12. The Labute approximate surface area is 109 Å². The Morgan fingerprint density at radius 1 is 1.37 bits per heavy atom. The Bertz CT molecular complexity index is 477. The number of rotatable bonds is 6. The summed E-state index contributed by atoms with van der Waals surface area (Å²) in [6, 6.07) is 3.33. The van der Waals surface area contributed by atoms with Crippen LogP contribution in [0, 0.1) is 17.6 Å². The zero-order valence-corrected chi connectivity index (χ0v) is 10.5. The molecule has 0 radical (unpaired) electrons. The highest BCUT2D eigenvalue weighted by molar-refractivity contribution is 5.94. The molecule has 19 heavy (non-hydrogen) atoms. The van der Waals surface area contributed by atoms with Gasteiger partial charge in [0.15, 0.2) is 11.6 Å². The highest BCUT2D eigenvalue weighted by Gasteiger charge is 2.17. The van der Waals surface area contributed by atoms with E-state index in [0.717, 1.165) is 6.07 Å². The van der Waals surface area contributed by atoms with E-state index in [1.54, 1.807) is 6.92 Å². The van der Waals surface area contributed by atoms with E-state index >= 15 is 0 Å². The van der Waals surface area contributed by atoms with Gasteiger partial charge in [0.1, 0.15) is 0 Å². The quantitative estimate of drug-likeness (QED) is 0.833. The van der Waals surface area contributed by atoms with Crippen LogP contribution in [0.25, 0.3) is 0 Å². The second-order valence-corrected chi connectivity index (χ2v) is 4.18. The Morgan fingerprint density at radius 3 is 2.63 bits per heavy atom. The maximum Gasteiger partial charge on any atom is 0.303 e. The number of nitrogens with one attached hydrogen (secondary N) is 1. The van der Waals surface area contributed by atoms with E-state index in [1.165, 1.54) is 12.1 Å². The molecular weight excluding hydrogens is 256 g/mol. The Morgan fingerprint density at radius 2 is 2.05 bits per heavy atom. The second kappa shape index (κ2) is 6.82. The molecule has 0 fully saturated rings.